The summed E-state index contributed by atoms with van der Waals surface area (Å²) in [5, 5.41) is 6.86. The number of carbonyl (C=O) groups excluding carboxylic acids is 1. The van der Waals surface area contributed by atoms with E-state index < -0.39 is 0 Å². The number of nitrogens with zero attached hydrogens (tertiary/aromatic N) is 1. The molecule has 0 saturated carbocycles. The van der Waals surface area contributed by atoms with Crippen molar-refractivity contribution >= 4 is 39.9 Å². The number of aryl methyl sites for hydroxylation is 2. The average molecular weight is 433 g/mol. The molecule has 0 aliphatic carbocycles. The van der Waals surface area contributed by atoms with Gasteiger partial charge in [0, 0.05) is 10.3 Å². The minimum absolute atomic E-state index is 0.0670. The molecule has 152 valence electrons. The maximum atomic E-state index is 12.9. The highest BCUT2D eigenvalue weighted by molar-refractivity contribution is 7.99. The molecule has 0 fully saturated rings. The molecule has 5 heteroatoms. The highest BCUT2D eigenvalue weighted by atomic mass is 32.2. The van der Waals surface area contributed by atoms with Gasteiger partial charge in [-0.2, -0.15) is 0 Å². The molecule has 2 aromatic heterocycles. The van der Waals surface area contributed by atoms with Crippen molar-refractivity contribution in [2.24, 2.45) is 0 Å². The molecular weight excluding hydrogens is 408 g/mol. The van der Waals surface area contributed by atoms with Crippen molar-refractivity contribution in [2.75, 3.05) is 5.75 Å². The van der Waals surface area contributed by atoms with Gasteiger partial charge in [-0.15, -0.1) is 23.1 Å². The Labute approximate surface area is 185 Å². The van der Waals surface area contributed by atoms with Crippen molar-refractivity contribution < 1.29 is 4.79 Å². The second-order valence-corrected chi connectivity index (χ2v) is 9.35. The van der Waals surface area contributed by atoms with Gasteiger partial charge in [-0.05, 0) is 54.7 Å². The topological polar surface area (TPSA) is 42.0 Å². The van der Waals surface area contributed by atoms with Crippen molar-refractivity contribution in [1.82, 2.24) is 10.3 Å². The van der Waals surface area contributed by atoms with Crippen LogP contribution < -0.4 is 5.32 Å². The second-order valence-electron chi connectivity index (χ2n) is 7.23. The summed E-state index contributed by atoms with van der Waals surface area (Å²) in [7, 11) is 0. The van der Waals surface area contributed by atoms with Crippen LogP contribution in [0.15, 0.2) is 77.1 Å². The third-order valence-corrected chi connectivity index (χ3v) is 6.86. The number of pyridine rings is 1. The van der Waals surface area contributed by atoms with E-state index in [-0.39, 0.29) is 5.91 Å². The van der Waals surface area contributed by atoms with Crippen LogP contribution in [-0.2, 0) is 13.0 Å². The van der Waals surface area contributed by atoms with Gasteiger partial charge < -0.3 is 5.32 Å². The van der Waals surface area contributed by atoms with Crippen LogP contribution >= 0.6 is 23.1 Å². The fraction of sp³-hybridized carbons (Fsp3) is 0.200. The average Bonchev–Trinajstić information content (AvgIpc) is 3.29. The lowest BCUT2D eigenvalue weighted by Gasteiger charge is -2.11. The number of fused-ring (bicyclic) bond motifs is 1. The maximum Gasteiger partial charge on any atom is 0.254 e. The minimum atomic E-state index is -0.0670. The number of amides is 1. The zero-order valence-electron chi connectivity index (χ0n) is 16.9. The van der Waals surface area contributed by atoms with E-state index in [9.17, 15) is 4.79 Å². The van der Waals surface area contributed by atoms with E-state index in [0.717, 1.165) is 39.4 Å². The van der Waals surface area contributed by atoms with Gasteiger partial charge >= 0.3 is 0 Å². The van der Waals surface area contributed by atoms with Crippen LogP contribution in [0.4, 0.5) is 0 Å². The molecule has 0 aliphatic heterocycles. The fourth-order valence-electron chi connectivity index (χ4n) is 3.25. The summed E-state index contributed by atoms with van der Waals surface area (Å²) in [4.78, 5) is 18.9. The van der Waals surface area contributed by atoms with Crippen molar-refractivity contribution in [3.63, 3.8) is 0 Å². The van der Waals surface area contributed by atoms with E-state index in [1.807, 2.05) is 47.8 Å². The van der Waals surface area contributed by atoms with E-state index in [4.69, 9.17) is 4.98 Å². The van der Waals surface area contributed by atoms with E-state index in [2.05, 4.69) is 36.5 Å². The first kappa shape index (κ1) is 20.6. The van der Waals surface area contributed by atoms with E-state index >= 15 is 0 Å². The molecule has 2 heterocycles. The van der Waals surface area contributed by atoms with E-state index in [0.29, 0.717) is 12.1 Å². The van der Waals surface area contributed by atoms with Gasteiger partial charge in [0.15, 0.2) is 0 Å². The molecule has 0 bridgehead atoms. The highest BCUT2D eigenvalue weighted by Crippen LogP contribution is 2.26. The molecule has 0 atom stereocenters. The summed E-state index contributed by atoms with van der Waals surface area (Å²) in [5.41, 5.74) is 4.22. The summed E-state index contributed by atoms with van der Waals surface area (Å²) >= 11 is 3.31. The lowest BCUT2D eigenvalue weighted by Crippen LogP contribution is -2.23. The van der Waals surface area contributed by atoms with Gasteiger partial charge in [-0.3, -0.25) is 4.79 Å². The lowest BCUT2D eigenvalue weighted by molar-refractivity contribution is 0.0948. The van der Waals surface area contributed by atoms with Crippen LogP contribution in [-0.4, -0.2) is 16.6 Å². The summed E-state index contributed by atoms with van der Waals surface area (Å²) < 4.78 is 0. The fourth-order valence-corrected chi connectivity index (χ4v) is 4.84. The summed E-state index contributed by atoms with van der Waals surface area (Å²) in [6.45, 7) is 2.65. The Hall–Kier alpha value is -2.63. The van der Waals surface area contributed by atoms with Crippen LogP contribution in [0.2, 0.25) is 0 Å². The molecule has 0 unspecified atom stereocenters. The number of thiophene rings is 1. The third kappa shape index (κ3) is 5.29. The Bertz CT molecular complexity index is 1120. The molecule has 0 aliphatic rings. The van der Waals surface area contributed by atoms with E-state index in [1.54, 1.807) is 23.1 Å². The largest absolute Gasteiger partial charge is 0.347 e. The Morgan fingerprint density at radius 1 is 1.07 bits per heavy atom. The first-order valence-corrected chi connectivity index (χ1v) is 11.9. The van der Waals surface area contributed by atoms with Gasteiger partial charge in [0.2, 0.25) is 0 Å². The summed E-state index contributed by atoms with van der Waals surface area (Å²) in [5.74, 6) is 0.854. The van der Waals surface area contributed by atoms with Gasteiger partial charge in [-0.25, -0.2) is 4.98 Å². The second kappa shape index (κ2) is 9.92. The number of rotatable bonds is 8. The number of carbonyl (C=O) groups is 1. The molecule has 1 amide bonds. The van der Waals surface area contributed by atoms with E-state index in [1.165, 1.54) is 11.1 Å². The monoisotopic (exact) mass is 432 g/mol. The Kier molecular flexibility index (Phi) is 6.82. The number of nitrogens with one attached hydrogen (secondary N) is 1. The van der Waals surface area contributed by atoms with Crippen LogP contribution in [0, 0.1) is 6.92 Å². The minimum Gasteiger partial charge on any atom is -0.347 e. The summed E-state index contributed by atoms with van der Waals surface area (Å²) in [6.07, 6.45) is 2.07. The number of thioether (sulfide) groups is 1. The van der Waals surface area contributed by atoms with Crippen molar-refractivity contribution in [3.8, 4) is 0 Å². The van der Waals surface area contributed by atoms with Gasteiger partial charge in [0.25, 0.3) is 5.91 Å². The highest BCUT2D eigenvalue weighted by Gasteiger charge is 2.15. The van der Waals surface area contributed by atoms with Crippen molar-refractivity contribution in [1.29, 1.82) is 0 Å². The molecular formula is C25H24N2OS2. The molecule has 0 radical (unpaired) electrons. The molecule has 30 heavy (non-hydrogen) atoms. The molecule has 4 aromatic rings. The van der Waals surface area contributed by atoms with Crippen LogP contribution in [0.5, 0.6) is 0 Å². The Morgan fingerprint density at radius 3 is 2.70 bits per heavy atom. The number of benzene rings is 2. The molecule has 2 aromatic carbocycles. The van der Waals surface area contributed by atoms with Gasteiger partial charge in [0.1, 0.15) is 5.03 Å². The zero-order valence-corrected chi connectivity index (χ0v) is 18.6. The Morgan fingerprint density at radius 2 is 1.90 bits per heavy atom. The van der Waals surface area contributed by atoms with Crippen LogP contribution in [0.3, 0.4) is 0 Å². The first-order chi connectivity index (χ1) is 14.7. The lowest BCUT2D eigenvalue weighted by atomic mass is 10.1. The molecule has 3 nitrogen and oxygen atoms in total. The molecule has 0 saturated heterocycles. The number of hydrogen-bond donors (Lipinski definition) is 1. The van der Waals surface area contributed by atoms with Gasteiger partial charge in [-0.1, -0.05) is 54.1 Å². The normalized spacial score (nSPS) is 11.0. The third-order valence-electron chi connectivity index (χ3n) is 4.91. The Balaban J connectivity index is 1.46. The number of hydrogen-bond acceptors (Lipinski definition) is 4. The predicted molar refractivity (Wildman–Crippen MR) is 127 cm³/mol. The molecule has 1 N–H and O–H groups in total. The quantitative estimate of drug-likeness (QED) is 0.264. The summed E-state index contributed by atoms with van der Waals surface area (Å²) in [6, 6.07) is 22.7. The molecule has 4 rings (SSSR count). The first-order valence-electron chi connectivity index (χ1n) is 10.1. The van der Waals surface area contributed by atoms with Crippen LogP contribution in [0.25, 0.3) is 10.9 Å². The predicted octanol–water partition coefficient (Wildman–Crippen LogP) is 6.26. The van der Waals surface area contributed by atoms with Gasteiger partial charge in [0.05, 0.1) is 17.6 Å². The van der Waals surface area contributed by atoms with Crippen LogP contribution in [0.1, 0.15) is 32.8 Å². The van der Waals surface area contributed by atoms with Crippen molar-refractivity contribution in [3.05, 3.63) is 93.7 Å². The number of para-hydroxylation sites is 1. The standard InChI is InChI=1S/C25H24N2OS2/c1-18-10-12-19(13-11-18)6-4-15-30-25-22(16-20-7-2-3-9-23(20)27-25)24(28)26-17-21-8-5-14-29-21/h2-3,5,7-14,16H,4,6,15,17H2,1H3,(H,26,28). The SMILES string of the molecule is Cc1ccc(CCCSc2nc3ccccc3cc2C(=O)NCc2cccs2)cc1. The van der Waals surface area contributed by atoms with Crippen molar-refractivity contribution in [2.45, 2.75) is 31.3 Å². The molecule has 0 spiro atoms. The maximum absolute atomic E-state index is 12.9. The smallest absolute Gasteiger partial charge is 0.254 e. The number of aromatic nitrogens is 1. The zero-order chi connectivity index (χ0) is 20.8.